The van der Waals surface area contributed by atoms with Crippen LogP contribution in [0.5, 0.6) is 5.75 Å². The molecule has 0 aliphatic carbocycles. The van der Waals surface area contributed by atoms with Gasteiger partial charge >= 0.3 is 0 Å². The maximum atomic E-state index is 12.3. The molecule has 3 rings (SSSR count). The summed E-state index contributed by atoms with van der Waals surface area (Å²) in [5.41, 5.74) is 1.54. The molecule has 10 heteroatoms. The van der Waals surface area contributed by atoms with E-state index in [4.69, 9.17) is 4.74 Å². The van der Waals surface area contributed by atoms with Gasteiger partial charge in [0.1, 0.15) is 16.7 Å². The SMILES string of the molecule is COc1ccc(NC(=O)C[C@@H]2SC(=Nc3ccc(C)cc3)NC2=O)c([N+](=O)[O-])c1. The standard InChI is InChI=1S/C19H18N4O5S/c1-11-3-5-12(6-4-11)20-19-22-18(25)16(29-19)10-17(24)21-14-8-7-13(28-2)9-15(14)23(26)27/h3-9,16H,10H2,1-2H3,(H,21,24)(H,20,22,25)/t16-/m0/s1. The van der Waals surface area contributed by atoms with Crippen LogP contribution in [0, 0.1) is 17.0 Å². The van der Waals surface area contributed by atoms with E-state index in [1.165, 1.54) is 25.3 Å². The molecule has 29 heavy (non-hydrogen) atoms. The molecule has 2 N–H and O–H groups in total. The molecule has 0 radical (unpaired) electrons. The molecule has 1 heterocycles. The monoisotopic (exact) mass is 414 g/mol. The van der Waals surface area contributed by atoms with Gasteiger partial charge in [0.15, 0.2) is 5.17 Å². The number of rotatable bonds is 6. The van der Waals surface area contributed by atoms with E-state index < -0.39 is 16.1 Å². The third-order valence-corrected chi connectivity index (χ3v) is 5.17. The zero-order valence-corrected chi connectivity index (χ0v) is 16.5. The number of nitro benzene ring substituents is 1. The van der Waals surface area contributed by atoms with Gasteiger partial charge in [-0.2, -0.15) is 0 Å². The molecule has 0 saturated carbocycles. The Hall–Kier alpha value is -3.40. The van der Waals surface area contributed by atoms with Gasteiger partial charge in [-0.25, -0.2) is 4.99 Å². The van der Waals surface area contributed by atoms with Crippen molar-refractivity contribution in [3.05, 3.63) is 58.1 Å². The number of hydrogen-bond donors (Lipinski definition) is 2. The van der Waals surface area contributed by atoms with E-state index in [2.05, 4.69) is 15.6 Å². The first kappa shape index (κ1) is 20.3. The van der Waals surface area contributed by atoms with Gasteiger partial charge < -0.3 is 15.4 Å². The minimum Gasteiger partial charge on any atom is -0.496 e. The van der Waals surface area contributed by atoms with Crippen molar-refractivity contribution >= 4 is 45.8 Å². The van der Waals surface area contributed by atoms with Crippen molar-refractivity contribution in [1.29, 1.82) is 0 Å². The third-order valence-electron chi connectivity index (χ3n) is 4.09. The average Bonchev–Trinajstić information content (AvgIpc) is 3.02. The number of carbonyl (C=O) groups is 2. The zero-order valence-electron chi connectivity index (χ0n) is 15.7. The average molecular weight is 414 g/mol. The summed E-state index contributed by atoms with van der Waals surface area (Å²) in [6, 6.07) is 11.6. The largest absolute Gasteiger partial charge is 0.496 e. The number of nitrogens with one attached hydrogen (secondary N) is 2. The van der Waals surface area contributed by atoms with Crippen LogP contribution in [0.15, 0.2) is 47.5 Å². The molecule has 1 fully saturated rings. The first-order valence-electron chi connectivity index (χ1n) is 8.61. The number of amidine groups is 1. The maximum Gasteiger partial charge on any atom is 0.296 e. The molecule has 0 bridgehead atoms. The summed E-state index contributed by atoms with van der Waals surface area (Å²) in [5.74, 6) is -0.542. The van der Waals surface area contributed by atoms with Gasteiger partial charge in [-0.05, 0) is 31.2 Å². The fraction of sp³-hybridized carbons (Fsp3) is 0.211. The molecule has 1 atom stereocenters. The Morgan fingerprint density at radius 3 is 2.69 bits per heavy atom. The number of benzene rings is 2. The number of methoxy groups -OCH3 is 1. The Labute approximate surface area is 170 Å². The van der Waals surface area contributed by atoms with Crippen molar-refractivity contribution in [2.24, 2.45) is 4.99 Å². The molecule has 1 saturated heterocycles. The molecular formula is C19H18N4O5S. The predicted molar refractivity (Wildman–Crippen MR) is 111 cm³/mol. The molecule has 1 aliphatic rings. The van der Waals surface area contributed by atoms with Crippen LogP contribution in [0.2, 0.25) is 0 Å². The lowest BCUT2D eigenvalue weighted by Crippen LogP contribution is -2.28. The molecule has 0 spiro atoms. The van der Waals surface area contributed by atoms with Gasteiger partial charge in [-0.15, -0.1) is 0 Å². The highest BCUT2D eigenvalue weighted by Crippen LogP contribution is 2.30. The molecule has 9 nitrogen and oxygen atoms in total. The Bertz CT molecular complexity index is 991. The lowest BCUT2D eigenvalue weighted by atomic mass is 10.2. The molecule has 2 aromatic rings. The predicted octanol–water partition coefficient (Wildman–Crippen LogP) is 3.16. The Morgan fingerprint density at radius 1 is 1.31 bits per heavy atom. The highest BCUT2D eigenvalue weighted by Gasteiger charge is 2.32. The van der Waals surface area contributed by atoms with Crippen LogP contribution in [-0.2, 0) is 9.59 Å². The fourth-order valence-corrected chi connectivity index (χ4v) is 3.58. The van der Waals surface area contributed by atoms with Crippen LogP contribution >= 0.6 is 11.8 Å². The number of thioether (sulfide) groups is 1. The summed E-state index contributed by atoms with van der Waals surface area (Å²) in [6.45, 7) is 1.96. The highest BCUT2D eigenvalue weighted by atomic mass is 32.2. The van der Waals surface area contributed by atoms with Crippen molar-refractivity contribution in [2.45, 2.75) is 18.6 Å². The van der Waals surface area contributed by atoms with Crippen LogP contribution in [0.3, 0.4) is 0 Å². The van der Waals surface area contributed by atoms with Crippen LogP contribution < -0.4 is 15.4 Å². The summed E-state index contributed by atoms with van der Waals surface area (Å²) in [7, 11) is 1.39. The summed E-state index contributed by atoms with van der Waals surface area (Å²) in [5, 5.41) is 16.1. The summed E-state index contributed by atoms with van der Waals surface area (Å²) in [6.07, 6.45) is -0.146. The van der Waals surface area contributed by atoms with Crippen LogP contribution in [0.1, 0.15) is 12.0 Å². The van der Waals surface area contributed by atoms with Gasteiger partial charge in [-0.1, -0.05) is 29.5 Å². The third kappa shape index (κ3) is 5.11. The number of anilines is 1. The summed E-state index contributed by atoms with van der Waals surface area (Å²) in [4.78, 5) is 39.5. The topological polar surface area (TPSA) is 123 Å². The number of nitrogens with zero attached hydrogens (tertiary/aromatic N) is 2. The molecule has 1 aliphatic heterocycles. The zero-order chi connectivity index (χ0) is 21.0. The molecule has 2 aromatic carbocycles. The first-order chi connectivity index (χ1) is 13.9. The van der Waals surface area contributed by atoms with Crippen molar-refractivity contribution < 1.29 is 19.2 Å². The number of nitro groups is 1. The maximum absolute atomic E-state index is 12.3. The Morgan fingerprint density at radius 2 is 2.03 bits per heavy atom. The van der Waals surface area contributed by atoms with E-state index in [0.29, 0.717) is 16.6 Å². The van der Waals surface area contributed by atoms with E-state index in [1.807, 2.05) is 31.2 Å². The van der Waals surface area contributed by atoms with Gasteiger partial charge in [0.2, 0.25) is 11.8 Å². The van der Waals surface area contributed by atoms with Gasteiger partial charge in [0.25, 0.3) is 5.69 Å². The number of aryl methyl sites for hydroxylation is 1. The quantitative estimate of drug-likeness (QED) is 0.553. The number of ether oxygens (including phenoxy) is 1. The summed E-state index contributed by atoms with van der Waals surface area (Å²) >= 11 is 1.15. The lowest BCUT2D eigenvalue weighted by Gasteiger charge is -2.09. The minimum absolute atomic E-state index is 0.0396. The number of amides is 2. The fourth-order valence-electron chi connectivity index (χ4n) is 2.59. The first-order valence-corrected chi connectivity index (χ1v) is 9.49. The smallest absolute Gasteiger partial charge is 0.296 e. The number of hydrogen-bond acceptors (Lipinski definition) is 7. The number of carbonyl (C=O) groups excluding carboxylic acids is 2. The highest BCUT2D eigenvalue weighted by molar-refractivity contribution is 8.15. The van der Waals surface area contributed by atoms with Crippen LogP contribution in [-0.4, -0.2) is 34.3 Å². The second kappa shape index (κ2) is 8.74. The summed E-state index contributed by atoms with van der Waals surface area (Å²) < 4.78 is 4.97. The van der Waals surface area contributed by atoms with Crippen molar-refractivity contribution in [2.75, 3.05) is 12.4 Å². The van der Waals surface area contributed by atoms with Gasteiger partial charge in [0.05, 0.1) is 23.8 Å². The minimum atomic E-state index is -0.670. The van der Waals surface area contributed by atoms with Crippen LogP contribution in [0.4, 0.5) is 17.1 Å². The van der Waals surface area contributed by atoms with Crippen molar-refractivity contribution in [1.82, 2.24) is 5.32 Å². The second-order valence-corrected chi connectivity index (χ2v) is 7.43. The second-order valence-electron chi connectivity index (χ2n) is 6.24. The van der Waals surface area contributed by atoms with Crippen LogP contribution in [0.25, 0.3) is 0 Å². The normalized spacial score (nSPS) is 17.1. The Balaban J connectivity index is 1.66. The Kier molecular flexibility index (Phi) is 6.13. The van der Waals surface area contributed by atoms with E-state index >= 15 is 0 Å². The van der Waals surface area contributed by atoms with Gasteiger partial charge in [0, 0.05) is 6.42 Å². The van der Waals surface area contributed by atoms with E-state index in [-0.39, 0.29) is 23.7 Å². The van der Waals surface area contributed by atoms with Gasteiger partial charge in [-0.3, -0.25) is 19.7 Å². The molecular weight excluding hydrogens is 396 g/mol. The number of aliphatic imine (C=N–C) groups is 1. The van der Waals surface area contributed by atoms with E-state index in [0.717, 1.165) is 17.3 Å². The molecule has 150 valence electrons. The van der Waals surface area contributed by atoms with Crippen molar-refractivity contribution in [3.63, 3.8) is 0 Å². The van der Waals surface area contributed by atoms with E-state index in [1.54, 1.807) is 0 Å². The molecule has 0 aromatic heterocycles. The van der Waals surface area contributed by atoms with E-state index in [9.17, 15) is 19.7 Å². The lowest BCUT2D eigenvalue weighted by molar-refractivity contribution is -0.384. The molecule has 0 unspecified atom stereocenters. The van der Waals surface area contributed by atoms with Crippen molar-refractivity contribution in [3.8, 4) is 5.75 Å². The molecule has 2 amide bonds.